The Morgan fingerprint density at radius 1 is 0.949 bits per heavy atom. The number of aromatic hydroxyl groups is 1. The van der Waals surface area contributed by atoms with Crippen molar-refractivity contribution in [2.75, 3.05) is 16.4 Å². The Morgan fingerprint density at radius 3 is 2.41 bits per heavy atom. The zero-order valence-corrected chi connectivity index (χ0v) is 21.1. The van der Waals surface area contributed by atoms with Gasteiger partial charge in [-0.2, -0.15) is 5.26 Å². The van der Waals surface area contributed by atoms with Crippen molar-refractivity contribution in [3.05, 3.63) is 108 Å². The average Bonchev–Trinajstić information content (AvgIpc) is 2.94. The van der Waals surface area contributed by atoms with Gasteiger partial charge in [-0.1, -0.05) is 48.5 Å². The second-order valence-corrected chi connectivity index (χ2v) is 8.84. The summed E-state index contributed by atoms with van der Waals surface area (Å²) in [5, 5.41) is 26.2. The Balaban J connectivity index is 1.44. The van der Waals surface area contributed by atoms with Gasteiger partial charge in [0.15, 0.2) is 0 Å². The molecular formula is C31H28N4O4. The highest BCUT2D eigenvalue weighted by Gasteiger charge is 2.20. The standard InChI is InChI=1S/C31H28N4O4/c32-20-21-14-16-22(17-15-21)34-31(38)39-29(25-18-19-28(36)24-9-5-4-8-23(24)25)12-2-1-3-13-30(37)35-27-11-7-6-10-26(27)33/h3-11,13-19,29,36H,1-2,12,33H2,(H,34,38)(H,35,37)/b13-3+/t29-/m1/s1. The minimum Gasteiger partial charge on any atom is -0.507 e. The molecule has 0 radical (unpaired) electrons. The maximum Gasteiger partial charge on any atom is 0.412 e. The van der Waals surface area contributed by atoms with E-state index in [1.165, 1.54) is 6.08 Å². The number of benzene rings is 4. The molecule has 0 spiro atoms. The summed E-state index contributed by atoms with van der Waals surface area (Å²) in [5.74, 6) is -0.143. The number of phenols is 1. The monoisotopic (exact) mass is 520 g/mol. The normalized spacial score (nSPS) is 11.6. The van der Waals surface area contributed by atoms with Gasteiger partial charge >= 0.3 is 6.09 Å². The first-order valence-electron chi connectivity index (χ1n) is 12.4. The first-order valence-corrected chi connectivity index (χ1v) is 12.4. The van der Waals surface area contributed by atoms with Gasteiger partial charge in [0, 0.05) is 16.6 Å². The summed E-state index contributed by atoms with van der Waals surface area (Å²) >= 11 is 0. The second-order valence-electron chi connectivity index (χ2n) is 8.84. The van der Waals surface area contributed by atoms with Crippen molar-refractivity contribution in [2.24, 2.45) is 0 Å². The van der Waals surface area contributed by atoms with Gasteiger partial charge in [-0.05, 0) is 73.2 Å². The molecule has 1 atom stereocenters. The summed E-state index contributed by atoms with van der Waals surface area (Å²) in [6.07, 6.45) is 3.64. The van der Waals surface area contributed by atoms with Crippen molar-refractivity contribution in [3.8, 4) is 11.8 Å². The van der Waals surface area contributed by atoms with Crippen molar-refractivity contribution < 1.29 is 19.4 Å². The van der Waals surface area contributed by atoms with Crippen molar-refractivity contribution in [1.82, 2.24) is 0 Å². The van der Waals surface area contributed by atoms with E-state index in [-0.39, 0.29) is 11.7 Å². The van der Waals surface area contributed by atoms with E-state index >= 15 is 0 Å². The maximum atomic E-state index is 12.8. The molecule has 0 unspecified atom stereocenters. The molecule has 0 fully saturated rings. The third kappa shape index (κ3) is 7.14. The van der Waals surface area contributed by atoms with E-state index in [0.717, 1.165) is 10.9 Å². The van der Waals surface area contributed by atoms with Crippen molar-refractivity contribution in [3.63, 3.8) is 0 Å². The zero-order valence-electron chi connectivity index (χ0n) is 21.1. The molecular weight excluding hydrogens is 492 g/mol. The number of nitrogens with two attached hydrogens (primary N) is 1. The van der Waals surface area contributed by atoms with E-state index < -0.39 is 12.2 Å². The van der Waals surface area contributed by atoms with Gasteiger partial charge in [-0.25, -0.2) is 4.79 Å². The van der Waals surface area contributed by atoms with Crippen LogP contribution in [-0.2, 0) is 9.53 Å². The van der Waals surface area contributed by atoms with Gasteiger partial charge in [0.05, 0.1) is 23.0 Å². The van der Waals surface area contributed by atoms with Crippen LogP contribution < -0.4 is 16.4 Å². The number of amides is 2. The van der Waals surface area contributed by atoms with Crippen LogP contribution in [0.25, 0.3) is 10.8 Å². The molecule has 0 bridgehead atoms. The lowest BCUT2D eigenvalue weighted by molar-refractivity contribution is -0.111. The third-order valence-corrected chi connectivity index (χ3v) is 6.12. The van der Waals surface area contributed by atoms with E-state index in [1.54, 1.807) is 66.7 Å². The molecule has 4 aromatic rings. The van der Waals surface area contributed by atoms with Crippen LogP contribution in [0.15, 0.2) is 97.1 Å². The van der Waals surface area contributed by atoms with Crippen LogP contribution in [-0.4, -0.2) is 17.1 Å². The highest BCUT2D eigenvalue weighted by atomic mass is 16.6. The lowest BCUT2D eigenvalue weighted by Crippen LogP contribution is -2.18. The second kappa shape index (κ2) is 12.8. The van der Waals surface area contributed by atoms with Crippen LogP contribution >= 0.6 is 0 Å². The number of phenolic OH excluding ortho intramolecular Hbond substituents is 1. The first-order chi connectivity index (χ1) is 18.9. The van der Waals surface area contributed by atoms with Gasteiger partial charge in [-0.15, -0.1) is 0 Å². The summed E-state index contributed by atoms with van der Waals surface area (Å²) in [4.78, 5) is 25.1. The molecule has 4 rings (SSSR count). The Hall–Kier alpha value is -5.29. The van der Waals surface area contributed by atoms with Gasteiger partial charge in [0.1, 0.15) is 11.9 Å². The van der Waals surface area contributed by atoms with E-state index in [1.807, 2.05) is 30.3 Å². The topological polar surface area (TPSA) is 137 Å². The number of anilines is 3. The van der Waals surface area contributed by atoms with Gasteiger partial charge in [0.25, 0.3) is 0 Å². The Morgan fingerprint density at radius 2 is 1.67 bits per heavy atom. The quantitative estimate of drug-likeness (QED) is 0.111. The fourth-order valence-corrected chi connectivity index (χ4v) is 4.17. The number of unbranched alkanes of at least 4 members (excludes halogenated alkanes) is 1. The Labute approximate surface area is 226 Å². The van der Waals surface area contributed by atoms with Crippen LogP contribution in [0.5, 0.6) is 5.75 Å². The number of hydrogen-bond acceptors (Lipinski definition) is 6. The summed E-state index contributed by atoms with van der Waals surface area (Å²) in [7, 11) is 0. The number of fused-ring (bicyclic) bond motifs is 1. The molecule has 0 aromatic heterocycles. The number of carbonyl (C=O) groups is 2. The number of ether oxygens (including phenoxy) is 1. The molecule has 5 N–H and O–H groups in total. The SMILES string of the molecule is N#Cc1ccc(NC(=O)O[C@H](CCC/C=C/C(=O)Nc2ccccc2N)c2ccc(O)c3ccccc23)cc1. The number of para-hydroxylation sites is 2. The van der Waals surface area contributed by atoms with E-state index in [4.69, 9.17) is 15.7 Å². The highest BCUT2D eigenvalue weighted by molar-refractivity contribution is 6.01. The number of nitriles is 1. The first kappa shape index (κ1) is 26.8. The van der Waals surface area contributed by atoms with Crippen LogP contribution in [0.1, 0.15) is 36.5 Å². The summed E-state index contributed by atoms with van der Waals surface area (Å²) in [5.41, 5.74) is 8.65. The summed E-state index contributed by atoms with van der Waals surface area (Å²) < 4.78 is 5.85. The molecule has 8 nitrogen and oxygen atoms in total. The van der Waals surface area contributed by atoms with E-state index in [9.17, 15) is 14.7 Å². The van der Waals surface area contributed by atoms with Gasteiger partial charge in [0.2, 0.25) is 5.91 Å². The minimum atomic E-state index is -0.641. The molecule has 0 aliphatic rings. The number of nitrogens with zero attached hydrogens (tertiary/aromatic N) is 1. The average molecular weight is 521 g/mol. The fraction of sp³-hybridized carbons (Fsp3) is 0.129. The van der Waals surface area contributed by atoms with Crippen LogP contribution in [0.4, 0.5) is 21.9 Å². The van der Waals surface area contributed by atoms with Crippen LogP contribution in [0, 0.1) is 11.3 Å². The fourth-order valence-electron chi connectivity index (χ4n) is 4.17. The third-order valence-electron chi connectivity index (χ3n) is 6.12. The number of rotatable bonds is 9. The minimum absolute atomic E-state index is 0.142. The molecule has 39 heavy (non-hydrogen) atoms. The van der Waals surface area contributed by atoms with Gasteiger partial charge in [-0.3, -0.25) is 10.1 Å². The lowest BCUT2D eigenvalue weighted by Gasteiger charge is -2.20. The molecule has 0 saturated carbocycles. The molecule has 0 aliphatic heterocycles. The summed E-state index contributed by atoms with van der Waals surface area (Å²) in [6, 6.07) is 26.3. The number of carbonyl (C=O) groups excluding carboxylic acids is 2. The zero-order chi connectivity index (χ0) is 27.6. The van der Waals surface area contributed by atoms with Gasteiger partial charge < -0.3 is 20.9 Å². The largest absolute Gasteiger partial charge is 0.507 e. The summed E-state index contributed by atoms with van der Waals surface area (Å²) in [6.45, 7) is 0. The molecule has 2 amide bonds. The van der Waals surface area contributed by atoms with Crippen LogP contribution in [0.3, 0.4) is 0 Å². The Bertz CT molecular complexity index is 1540. The van der Waals surface area contributed by atoms with Crippen molar-refractivity contribution >= 4 is 39.8 Å². The lowest BCUT2D eigenvalue weighted by atomic mass is 9.96. The molecule has 0 heterocycles. The molecule has 8 heteroatoms. The van der Waals surface area contributed by atoms with Crippen LogP contribution in [0.2, 0.25) is 0 Å². The molecule has 0 saturated heterocycles. The van der Waals surface area contributed by atoms with Crippen molar-refractivity contribution in [1.29, 1.82) is 5.26 Å². The van der Waals surface area contributed by atoms with Crippen molar-refractivity contribution in [2.45, 2.75) is 25.4 Å². The maximum absolute atomic E-state index is 12.8. The van der Waals surface area contributed by atoms with E-state index in [2.05, 4.69) is 10.6 Å². The smallest absolute Gasteiger partial charge is 0.412 e. The highest BCUT2D eigenvalue weighted by Crippen LogP contribution is 2.35. The molecule has 196 valence electrons. The predicted molar refractivity (Wildman–Crippen MR) is 152 cm³/mol. The predicted octanol–water partition coefficient (Wildman–Crippen LogP) is 6.65. The number of nitrogens with one attached hydrogen (secondary N) is 2. The Kier molecular flexibility index (Phi) is 8.78. The van der Waals surface area contributed by atoms with E-state index in [0.29, 0.717) is 47.3 Å². The number of nitrogen functional groups attached to an aromatic ring is 1. The molecule has 0 aliphatic carbocycles. The number of hydrogen-bond donors (Lipinski definition) is 4. The molecule has 4 aromatic carbocycles. The number of allylic oxidation sites excluding steroid dienone is 1.